The fourth-order valence-corrected chi connectivity index (χ4v) is 3.57. The molecule has 0 bridgehead atoms. The minimum absolute atomic E-state index is 0.00202. The molecule has 0 unspecified atom stereocenters. The number of carbonyl (C=O) groups excluding carboxylic acids is 2. The van der Waals surface area contributed by atoms with E-state index in [0.717, 1.165) is 12.8 Å². The average Bonchev–Trinajstić information content (AvgIpc) is 2.44. The Morgan fingerprint density at radius 2 is 2.04 bits per heavy atom. The highest BCUT2D eigenvalue weighted by molar-refractivity contribution is 5.89. The maximum absolute atomic E-state index is 12.9. The highest BCUT2D eigenvalue weighted by Crippen LogP contribution is 2.33. The first-order valence-corrected chi connectivity index (χ1v) is 8.55. The molecule has 2 rings (SSSR count). The van der Waals surface area contributed by atoms with Gasteiger partial charge in [-0.2, -0.15) is 0 Å². The van der Waals surface area contributed by atoms with E-state index in [1.807, 2.05) is 34.6 Å². The smallest absolute Gasteiger partial charge is 0.329 e. The number of carbonyl (C=O) groups is 2. The van der Waals surface area contributed by atoms with E-state index >= 15 is 0 Å². The van der Waals surface area contributed by atoms with E-state index in [9.17, 15) is 14.7 Å². The molecular weight excluding hydrogens is 296 g/mol. The number of hydrogen-bond donors (Lipinski definition) is 2. The van der Waals surface area contributed by atoms with Gasteiger partial charge in [0.2, 0.25) is 5.91 Å². The Kier molecular flexibility index (Phi) is 5.36. The summed E-state index contributed by atoms with van der Waals surface area (Å²) in [6, 6.07) is -0.972. The number of amides is 1. The zero-order valence-electron chi connectivity index (χ0n) is 14.8. The van der Waals surface area contributed by atoms with Crippen LogP contribution in [-0.2, 0) is 14.3 Å². The predicted octanol–water partition coefficient (Wildman–Crippen LogP) is 0.924. The van der Waals surface area contributed by atoms with Crippen LogP contribution in [0.1, 0.15) is 47.5 Å². The molecule has 0 saturated carbocycles. The summed E-state index contributed by atoms with van der Waals surface area (Å²) in [7, 11) is 0. The molecule has 6 nitrogen and oxygen atoms in total. The van der Waals surface area contributed by atoms with Crippen LogP contribution in [0, 0.1) is 11.8 Å². The maximum atomic E-state index is 12.9. The zero-order chi connectivity index (χ0) is 17.4. The fourth-order valence-electron chi connectivity index (χ4n) is 3.57. The van der Waals surface area contributed by atoms with Gasteiger partial charge in [0.1, 0.15) is 11.6 Å². The molecule has 2 N–H and O–H groups in total. The Balaban J connectivity index is 2.29. The highest BCUT2D eigenvalue weighted by atomic mass is 16.6. The lowest BCUT2D eigenvalue weighted by atomic mass is 9.82. The Morgan fingerprint density at radius 1 is 1.39 bits per heavy atom. The average molecular weight is 326 g/mol. The lowest BCUT2D eigenvalue weighted by Crippen LogP contribution is -2.69. The number of piperazine rings is 1. The van der Waals surface area contributed by atoms with Crippen molar-refractivity contribution in [2.45, 2.75) is 71.2 Å². The Bertz CT molecular complexity index is 458. The second-order valence-electron chi connectivity index (χ2n) is 8.03. The van der Waals surface area contributed by atoms with Crippen LogP contribution in [0.2, 0.25) is 0 Å². The molecule has 132 valence electrons. The number of piperidine rings is 1. The summed E-state index contributed by atoms with van der Waals surface area (Å²) in [4.78, 5) is 27.3. The topological polar surface area (TPSA) is 78.9 Å². The summed E-state index contributed by atoms with van der Waals surface area (Å²) in [5.74, 6) is -0.558. The zero-order valence-corrected chi connectivity index (χ0v) is 14.8. The van der Waals surface area contributed by atoms with Crippen molar-refractivity contribution in [3.05, 3.63) is 0 Å². The molecule has 6 heteroatoms. The molecule has 2 fully saturated rings. The first-order chi connectivity index (χ1) is 10.7. The quantitative estimate of drug-likeness (QED) is 0.754. The number of aliphatic hydroxyl groups excluding tert-OH is 1. The summed E-state index contributed by atoms with van der Waals surface area (Å²) >= 11 is 0. The first-order valence-electron chi connectivity index (χ1n) is 8.55. The van der Waals surface area contributed by atoms with Gasteiger partial charge < -0.3 is 20.1 Å². The van der Waals surface area contributed by atoms with Crippen molar-refractivity contribution in [2.75, 3.05) is 13.2 Å². The van der Waals surface area contributed by atoms with Gasteiger partial charge in [0, 0.05) is 25.1 Å². The van der Waals surface area contributed by atoms with Crippen LogP contribution in [0.15, 0.2) is 0 Å². The van der Waals surface area contributed by atoms with Gasteiger partial charge in [0.05, 0.1) is 6.04 Å². The molecule has 0 radical (unpaired) electrons. The standard InChI is InChI=1S/C17H30N2O4/c1-10(2)13-15(21)19-12(8-18-13)7-6-11(9-20)14(19)16(22)23-17(3,4)5/h10-14,18,20H,6-9H2,1-5H3/t11-,12+,13+,14+/m1/s1. The van der Waals surface area contributed by atoms with Crippen LogP contribution in [0.25, 0.3) is 0 Å². The second kappa shape index (κ2) is 6.77. The predicted molar refractivity (Wildman–Crippen MR) is 86.7 cm³/mol. The number of esters is 1. The Hall–Kier alpha value is -1.14. The van der Waals surface area contributed by atoms with Gasteiger partial charge in [-0.1, -0.05) is 13.8 Å². The molecule has 0 aromatic heterocycles. The van der Waals surface area contributed by atoms with Crippen LogP contribution < -0.4 is 5.32 Å². The van der Waals surface area contributed by atoms with Crippen molar-refractivity contribution in [3.8, 4) is 0 Å². The van der Waals surface area contributed by atoms with E-state index in [0.29, 0.717) is 6.54 Å². The summed E-state index contributed by atoms with van der Waals surface area (Å²) < 4.78 is 5.54. The summed E-state index contributed by atoms with van der Waals surface area (Å²) in [5, 5.41) is 13.0. The monoisotopic (exact) mass is 326 g/mol. The molecule has 0 aromatic carbocycles. The van der Waals surface area contributed by atoms with Crippen LogP contribution >= 0.6 is 0 Å². The Morgan fingerprint density at radius 3 is 2.57 bits per heavy atom. The second-order valence-corrected chi connectivity index (χ2v) is 8.03. The van der Waals surface area contributed by atoms with Crippen LogP contribution in [0.4, 0.5) is 0 Å². The number of nitrogens with one attached hydrogen (secondary N) is 1. The van der Waals surface area contributed by atoms with Crippen LogP contribution in [-0.4, -0.2) is 58.8 Å². The number of ether oxygens (including phenoxy) is 1. The van der Waals surface area contributed by atoms with Crippen molar-refractivity contribution in [1.29, 1.82) is 0 Å². The lowest BCUT2D eigenvalue weighted by Gasteiger charge is -2.50. The van der Waals surface area contributed by atoms with Crippen molar-refractivity contribution in [3.63, 3.8) is 0 Å². The highest BCUT2D eigenvalue weighted by Gasteiger charge is 2.49. The maximum Gasteiger partial charge on any atom is 0.329 e. The molecular formula is C17H30N2O4. The molecule has 1 amide bonds. The summed E-state index contributed by atoms with van der Waals surface area (Å²) in [6.07, 6.45) is 1.52. The molecule has 2 aliphatic rings. The SMILES string of the molecule is CC(C)[C@@H]1NC[C@@H]2CC[C@H](CO)[C@@H](C(=O)OC(C)(C)C)N2C1=O. The molecule has 2 aliphatic heterocycles. The van der Waals surface area contributed by atoms with E-state index in [1.54, 1.807) is 4.90 Å². The minimum Gasteiger partial charge on any atom is -0.458 e. The first kappa shape index (κ1) is 18.2. The van der Waals surface area contributed by atoms with E-state index in [2.05, 4.69) is 5.32 Å². The van der Waals surface area contributed by atoms with Crippen molar-refractivity contribution >= 4 is 11.9 Å². The number of hydrogen-bond acceptors (Lipinski definition) is 5. The molecule has 23 heavy (non-hydrogen) atoms. The van der Waals surface area contributed by atoms with Crippen molar-refractivity contribution in [2.24, 2.45) is 11.8 Å². The van der Waals surface area contributed by atoms with Gasteiger partial charge in [-0.15, -0.1) is 0 Å². The molecule has 0 spiro atoms. The number of nitrogens with zero attached hydrogens (tertiary/aromatic N) is 1. The van der Waals surface area contributed by atoms with Gasteiger partial charge in [-0.05, 0) is 39.5 Å². The third-order valence-corrected chi connectivity index (χ3v) is 4.65. The van der Waals surface area contributed by atoms with E-state index < -0.39 is 17.6 Å². The van der Waals surface area contributed by atoms with Gasteiger partial charge >= 0.3 is 5.97 Å². The number of aliphatic hydroxyl groups is 1. The van der Waals surface area contributed by atoms with Gasteiger partial charge in [-0.25, -0.2) is 4.79 Å². The third kappa shape index (κ3) is 3.86. The number of fused-ring (bicyclic) bond motifs is 1. The van der Waals surface area contributed by atoms with Gasteiger partial charge in [0.25, 0.3) is 0 Å². The van der Waals surface area contributed by atoms with Crippen LogP contribution in [0.5, 0.6) is 0 Å². The summed E-state index contributed by atoms with van der Waals surface area (Å²) in [5.41, 5.74) is -0.613. The lowest BCUT2D eigenvalue weighted by molar-refractivity contribution is -0.176. The normalized spacial score (nSPS) is 32.0. The van der Waals surface area contributed by atoms with Crippen LogP contribution in [0.3, 0.4) is 0 Å². The van der Waals surface area contributed by atoms with Gasteiger partial charge in [0.15, 0.2) is 0 Å². The number of rotatable bonds is 3. The largest absolute Gasteiger partial charge is 0.458 e. The minimum atomic E-state index is -0.686. The van der Waals surface area contributed by atoms with E-state index in [-0.39, 0.29) is 36.4 Å². The van der Waals surface area contributed by atoms with Crippen molar-refractivity contribution < 1.29 is 19.4 Å². The van der Waals surface area contributed by atoms with E-state index in [4.69, 9.17) is 4.74 Å². The Labute approximate surface area is 138 Å². The van der Waals surface area contributed by atoms with Gasteiger partial charge in [-0.3, -0.25) is 4.79 Å². The summed E-state index contributed by atoms with van der Waals surface area (Å²) in [6.45, 7) is 10.0. The van der Waals surface area contributed by atoms with Crippen molar-refractivity contribution in [1.82, 2.24) is 10.2 Å². The molecule has 4 atom stereocenters. The molecule has 0 aliphatic carbocycles. The third-order valence-electron chi connectivity index (χ3n) is 4.65. The van der Waals surface area contributed by atoms with E-state index in [1.165, 1.54) is 0 Å². The molecule has 2 saturated heterocycles. The molecule has 2 heterocycles. The molecule has 0 aromatic rings. The fraction of sp³-hybridized carbons (Fsp3) is 0.882.